The number of anilines is 1. The predicted molar refractivity (Wildman–Crippen MR) is 127 cm³/mol. The monoisotopic (exact) mass is 444 g/mol. The molecule has 0 atom stereocenters. The lowest BCUT2D eigenvalue weighted by atomic mass is 10.1. The van der Waals surface area contributed by atoms with Gasteiger partial charge in [-0.1, -0.05) is 38.1 Å². The smallest absolute Gasteiger partial charge is 0.337 e. The van der Waals surface area contributed by atoms with Crippen LogP contribution in [0.2, 0.25) is 0 Å². The van der Waals surface area contributed by atoms with Crippen LogP contribution in [0, 0.1) is 5.92 Å². The number of nitrogens with one attached hydrogen (secondary N) is 1. The minimum atomic E-state index is -0.418. The molecule has 0 spiro atoms. The van der Waals surface area contributed by atoms with Crippen LogP contribution >= 0.6 is 0 Å². The number of carbonyl (C=O) groups is 2. The lowest BCUT2D eigenvalue weighted by Gasteiger charge is -2.07. The van der Waals surface area contributed by atoms with Gasteiger partial charge in [0.15, 0.2) is 5.65 Å². The van der Waals surface area contributed by atoms with Gasteiger partial charge in [-0.15, -0.1) is 0 Å². The molecule has 9 nitrogen and oxygen atoms in total. The lowest BCUT2D eigenvalue weighted by molar-refractivity contribution is 0.0600. The maximum Gasteiger partial charge on any atom is 0.337 e. The van der Waals surface area contributed by atoms with Gasteiger partial charge in [0.05, 0.1) is 29.9 Å². The standard InChI is InChI=1S/C24H24N6O3/c1-14(2)12-26-23(31)19-20-22(29-18-7-5-4-6-17(18)28-20)30(21(19)25)27-13-15-8-10-16(11-9-15)24(32)33-3/h4-11,13-14H,12,25H2,1-3H3,(H,26,31)/b27-13+. The van der Waals surface area contributed by atoms with Crippen molar-refractivity contribution in [1.82, 2.24) is 20.0 Å². The number of nitrogen functional groups attached to an aromatic ring is 1. The zero-order chi connectivity index (χ0) is 23.5. The highest BCUT2D eigenvalue weighted by atomic mass is 16.5. The third-order valence-electron chi connectivity index (χ3n) is 5.03. The number of ether oxygens (including phenoxy) is 1. The summed E-state index contributed by atoms with van der Waals surface area (Å²) in [6.45, 7) is 4.52. The minimum absolute atomic E-state index is 0.143. The van der Waals surface area contributed by atoms with Crippen LogP contribution < -0.4 is 11.1 Å². The molecule has 0 unspecified atom stereocenters. The van der Waals surface area contributed by atoms with Gasteiger partial charge >= 0.3 is 5.97 Å². The second-order valence-electron chi connectivity index (χ2n) is 7.92. The van der Waals surface area contributed by atoms with E-state index >= 15 is 0 Å². The summed E-state index contributed by atoms with van der Waals surface area (Å²) in [5.74, 6) is -0.323. The number of fused-ring (bicyclic) bond motifs is 2. The van der Waals surface area contributed by atoms with Crippen LogP contribution in [0.4, 0.5) is 5.82 Å². The van der Waals surface area contributed by atoms with E-state index in [1.165, 1.54) is 11.8 Å². The Hall–Kier alpha value is -4.27. The number of methoxy groups -OCH3 is 1. The van der Waals surface area contributed by atoms with E-state index in [0.717, 1.165) is 5.56 Å². The molecule has 2 heterocycles. The van der Waals surface area contributed by atoms with Gasteiger partial charge in [-0.05, 0) is 35.7 Å². The Bertz CT molecular complexity index is 1370. The third kappa shape index (κ3) is 4.38. The Morgan fingerprint density at radius 2 is 1.79 bits per heavy atom. The third-order valence-corrected chi connectivity index (χ3v) is 5.03. The van der Waals surface area contributed by atoms with E-state index < -0.39 is 5.97 Å². The number of benzene rings is 2. The Balaban J connectivity index is 1.80. The van der Waals surface area contributed by atoms with E-state index in [2.05, 4.69) is 20.4 Å². The van der Waals surface area contributed by atoms with Crippen molar-refractivity contribution in [2.24, 2.45) is 11.0 Å². The number of carbonyl (C=O) groups excluding carboxylic acids is 2. The van der Waals surface area contributed by atoms with Gasteiger partial charge in [-0.3, -0.25) is 4.79 Å². The molecule has 0 aliphatic carbocycles. The maximum absolute atomic E-state index is 13.0. The molecule has 0 radical (unpaired) electrons. The van der Waals surface area contributed by atoms with Crippen molar-refractivity contribution < 1.29 is 14.3 Å². The van der Waals surface area contributed by atoms with E-state index in [1.54, 1.807) is 30.5 Å². The Morgan fingerprint density at radius 1 is 1.12 bits per heavy atom. The summed E-state index contributed by atoms with van der Waals surface area (Å²) < 4.78 is 6.13. The van der Waals surface area contributed by atoms with Crippen molar-refractivity contribution in [2.75, 3.05) is 19.4 Å². The predicted octanol–water partition coefficient (Wildman–Crippen LogP) is 3.22. The van der Waals surface area contributed by atoms with Crippen molar-refractivity contribution >= 4 is 46.1 Å². The molecule has 1 amide bonds. The molecule has 0 saturated carbocycles. The summed E-state index contributed by atoms with van der Waals surface area (Å²) >= 11 is 0. The summed E-state index contributed by atoms with van der Waals surface area (Å²) in [5.41, 5.74) is 9.85. The van der Waals surface area contributed by atoms with Crippen LogP contribution in [-0.4, -0.2) is 46.4 Å². The average Bonchev–Trinajstić information content (AvgIpc) is 3.09. The van der Waals surface area contributed by atoms with Crippen LogP contribution in [0.5, 0.6) is 0 Å². The first-order chi connectivity index (χ1) is 15.9. The van der Waals surface area contributed by atoms with E-state index in [-0.39, 0.29) is 23.2 Å². The lowest BCUT2D eigenvalue weighted by Crippen LogP contribution is -2.28. The molecule has 0 saturated heterocycles. The summed E-state index contributed by atoms with van der Waals surface area (Å²) in [4.78, 5) is 33.9. The number of hydrogen-bond donors (Lipinski definition) is 2. The van der Waals surface area contributed by atoms with Gasteiger partial charge in [-0.25, -0.2) is 14.8 Å². The highest BCUT2D eigenvalue weighted by Gasteiger charge is 2.24. The normalized spacial score (nSPS) is 11.5. The molecule has 2 aromatic carbocycles. The zero-order valence-corrected chi connectivity index (χ0v) is 18.6. The van der Waals surface area contributed by atoms with Crippen molar-refractivity contribution in [2.45, 2.75) is 13.8 Å². The van der Waals surface area contributed by atoms with Crippen molar-refractivity contribution in [3.63, 3.8) is 0 Å². The molecule has 4 rings (SSSR count). The van der Waals surface area contributed by atoms with Gasteiger partial charge in [-0.2, -0.15) is 9.78 Å². The summed E-state index contributed by atoms with van der Waals surface area (Å²) in [6, 6.07) is 14.1. The summed E-state index contributed by atoms with van der Waals surface area (Å²) in [5, 5.41) is 7.37. The van der Waals surface area contributed by atoms with Crippen molar-refractivity contribution in [3.05, 3.63) is 65.2 Å². The minimum Gasteiger partial charge on any atom is -0.465 e. The summed E-state index contributed by atoms with van der Waals surface area (Å²) in [6.07, 6.45) is 1.57. The number of aromatic nitrogens is 3. The highest BCUT2D eigenvalue weighted by molar-refractivity contribution is 6.10. The first-order valence-electron chi connectivity index (χ1n) is 10.5. The number of esters is 1. The second-order valence-corrected chi connectivity index (χ2v) is 7.92. The molecule has 4 aromatic rings. The molecule has 0 aliphatic rings. The van der Waals surface area contributed by atoms with Gasteiger partial charge in [0.1, 0.15) is 16.9 Å². The fourth-order valence-corrected chi connectivity index (χ4v) is 3.32. The van der Waals surface area contributed by atoms with Crippen LogP contribution in [0.1, 0.15) is 40.1 Å². The van der Waals surface area contributed by atoms with E-state index in [4.69, 9.17) is 10.5 Å². The molecule has 168 valence electrons. The molecule has 9 heteroatoms. The van der Waals surface area contributed by atoms with Gasteiger partial charge in [0.2, 0.25) is 0 Å². The van der Waals surface area contributed by atoms with Crippen LogP contribution in [0.25, 0.3) is 22.2 Å². The van der Waals surface area contributed by atoms with Crippen molar-refractivity contribution in [3.8, 4) is 0 Å². The average molecular weight is 444 g/mol. The molecule has 2 aromatic heterocycles. The first kappa shape index (κ1) is 21.9. The van der Waals surface area contributed by atoms with Crippen molar-refractivity contribution in [1.29, 1.82) is 0 Å². The SMILES string of the molecule is COC(=O)c1ccc(/C=N/n2c(N)c(C(=O)NCC(C)C)c3nc4ccccc4nc32)cc1. The zero-order valence-electron chi connectivity index (χ0n) is 18.6. The molecule has 0 aliphatic heterocycles. The Morgan fingerprint density at radius 3 is 2.42 bits per heavy atom. The van der Waals surface area contributed by atoms with E-state index in [1.807, 2.05) is 38.1 Å². The Labute approximate surface area is 190 Å². The number of nitrogens with two attached hydrogens (primary N) is 1. The fraction of sp³-hybridized carbons (Fsp3) is 0.208. The van der Waals surface area contributed by atoms with E-state index in [9.17, 15) is 9.59 Å². The second kappa shape index (κ2) is 9.07. The van der Waals surface area contributed by atoms with E-state index in [0.29, 0.717) is 34.3 Å². The molecular formula is C24H24N6O3. The topological polar surface area (TPSA) is 124 Å². The fourth-order valence-electron chi connectivity index (χ4n) is 3.32. The van der Waals surface area contributed by atoms with Gasteiger partial charge < -0.3 is 15.8 Å². The largest absolute Gasteiger partial charge is 0.465 e. The quantitative estimate of drug-likeness (QED) is 0.348. The number of hydrogen-bond acceptors (Lipinski definition) is 7. The number of nitrogens with zero attached hydrogens (tertiary/aromatic N) is 4. The molecule has 0 bridgehead atoms. The number of rotatable bonds is 6. The number of para-hydroxylation sites is 2. The van der Waals surface area contributed by atoms with Crippen LogP contribution in [0.3, 0.4) is 0 Å². The molecule has 33 heavy (non-hydrogen) atoms. The van der Waals surface area contributed by atoms with Gasteiger partial charge in [0, 0.05) is 6.54 Å². The molecular weight excluding hydrogens is 420 g/mol. The first-order valence-corrected chi connectivity index (χ1v) is 10.5. The number of amides is 1. The molecule has 3 N–H and O–H groups in total. The highest BCUT2D eigenvalue weighted by Crippen LogP contribution is 2.27. The van der Waals surface area contributed by atoms with Gasteiger partial charge in [0.25, 0.3) is 5.91 Å². The van der Waals surface area contributed by atoms with Crippen LogP contribution in [0.15, 0.2) is 53.6 Å². The Kier molecular flexibility index (Phi) is 6.03. The molecule has 0 fully saturated rings. The maximum atomic E-state index is 13.0. The van der Waals surface area contributed by atoms with Crippen LogP contribution in [-0.2, 0) is 4.74 Å². The summed E-state index contributed by atoms with van der Waals surface area (Å²) in [7, 11) is 1.33.